The van der Waals surface area contributed by atoms with E-state index in [4.69, 9.17) is 0 Å². The summed E-state index contributed by atoms with van der Waals surface area (Å²) in [5.41, 5.74) is 3.60. The van der Waals surface area contributed by atoms with E-state index < -0.39 is 0 Å². The van der Waals surface area contributed by atoms with Crippen LogP contribution in [0.1, 0.15) is 21.6 Å². The molecule has 0 aliphatic carbocycles. The number of rotatable bonds is 4. The first-order chi connectivity index (χ1) is 13.6. The molecule has 28 heavy (non-hydrogen) atoms. The number of nitrogens with one attached hydrogen (secondary N) is 1. The number of aromatic nitrogens is 1. The maximum Gasteiger partial charge on any atom is 0.256 e. The Bertz CT molecular complexity index is 1010. The Morgan fingerprint density at radius 2 is 1.96 bits per heavy atom. The number of hydrogen-bond donors (Lipinski definition) is 1. The lowest BCUT2D eigenvalue weighted by Gasteiger charge is -2.27. The summed E-state index contributed by atoms with van der Waals surface area (Å²) in [6, 6.07) is 14.0. The van der Waals surface area contributed by atoms with Gasteiger partial charge in [0.1, 0.15) is 5.82 Å². The molecule has 1 aliphatic heterocycles. The zero-order chi connectivity index (χ0) is 19.5. The molecule has 3 aromatic rings. The number of halogens is 1. The minimum absolute atomic E-state index is 0.205. The van der Waals surface area contributed by atoms with Gasteiger partial charge in [-0.3, -0.25) is 14.7 Å². The summed E-state index contributed by atoms with van der Waals surface area (Å²) in [5, 5.41) is 3.71. The van der Waals surface area contributed by atoms with Crippen molar-refractivity contribution in [3.63, 3.8) is 0 Å². The number of aryl methyl sites for hydroxylation is 1. The summed E-state index contributed by atoms with van der Waals surface area (Å²) in [6.07, 6.45) is 0. The van der Waals surface area contributed by atoms with Crippen LogP contribution in [0.3, 0.4) is 0 Å². The second-order valence-electron chi connectivity index (χ2n) is 6.97. The largest absolute Gasteiger partial charge is 0.322 e. The topological polar surface area (TPSA) is 45.2 Å². The minimum atomic E-state index is -0.359. The summed E-state index contributed by atoms with van der Waals surface area (Å²) < 4.78 is 13.6. The summed E-state index contributed by atoms with van der Waals surface area (Å²) in [5.74, 6) is 1.73. The van der Waals surface area contributed by atoms with Gasteiger partial charge in [-0.1, -0.05) is 18.2 Å². The van der Waals surface area contributed by atoms with Crippen LogP contribution in [-0.2, 0) is 6.54 Å². The van der Waals surface area contributed by atoms with E-state index in [0.29, 0.717) is 22.2 Å². The van der Waals surface area contributed by atoms with Crippen molar-refractivity contribution in [1.29, 1.82) is 0 Å². The number of carbonyl (C=O) groups is 1. The van der Waals surface area contributed by atoms with Gasteiger partial charge in [-0.2, -0.15) is 11.8 Å². The molecular weight excluding hydrogens is 373 g/mol. The highest BCUT2D eigenvalue weighted by Gasteiger charge is 2.16. The van der Waals surface area contributed by atoms with Gasteiger partial charge in [-0.25, -0.2) is 4.39 Å². The number of carbonyl (C=O) groups excluding carboxylic acids is 1. The molecule has 2 heterocycles. The molecule has 1 aliphatic rings. The van der Waals surface area contributed by atoms with Crippen molar-refractivity contribution in [3.05, 3.63) is 71.2 Å². The van der Waals surface area contributed by atoms with Gasteiger partial charge in [-0.05, 0) is 36.8 Å². The molecular formula is C22H22FN3OS. The van der Waals surface area contributed by atoms with Crippen LogP contribution in [0.15, 0.2) is 48.5 Å². The molecule has 0 unspecified atom stereocenters. The lowest BCUT2D eigenvalue weighted by molar-refractivity contribution is 0.102. The van der Waals surface area contributed by atoms with Crippen molar-refractivity contribution < 1.29 is 9.18 Å². The summed E-state index contributed by atoms with van der Waals surface area (Å²) in [4.78, 5) is 19.8. The molecule has 2 aromatic carbocycles. The number of nitrogens with zero attached hydrogens (tertiary/aromatic N) is 2. The van der Waals surface area contributed by atoms with Gasteiger partial charge < -0.3 is 5.32 Å². The molecule has 1 fully saturated rings. The van der Waals surface area contributed by atoms with Crippen LogP contribution >= 0.6 is 11.8 Å². The normalized spacial score (nSPS) is 14.9. The molecule has 0 radical (unpaired) electrons. The molecule has 0 atom stereocenters. The van der Waals surface area contributed by atoms with Gasteiger partial charge in [0.15, 0.2) is 0 Å². The van der Waals surface area contributed by atoms with E-state index in [1.54, 1.807) is 12.1 Å². The number of fused-ring (bicyclic) bond motifs is 1. The standard InChI is InChI=1S/C22H22FN3OS/c1-15-12-19(18-7-6-17(23)13-21(18)24-15)22(27)25-20-5-3-2-4-16(20)14-26-8-10-28-11-9-26/h2-7,12-13H,8-11,14H2,1H3,(H,25,27). The predicted molar refractivity (Wildman–Crippen MR) is 113 cm³/mol. The quantitative estimate of drug-likeness (QED) is 0.707. The van der Waals surface area contributed by atoms with Gasteiger partial charge in [0.2, 0.25) is 0 Å². The fourth-order valence-corrected chi connectivity index (χ4v) is 4.47. The number of hydrogen-bond acceptors (Lipinski definition) is 4. The molecule has 1 saturated heterocycles. The molecule has 1 N–H and O–H groups in total. The third kappa shape index (κ3) is 4.18. The van der Waals surface area contributed by atoms with E-state index in [-0.39, 0.29) is 11.7 Å². The summed E-state index contributed by atoms with van der Waals surface area (Å²) >= 11 is 1.98. The number of thioether (sulfide) groups is 1. The number of para-hydroxylation sites is 1. The predicted octanol–water partition coefficient (Wildman–Crippen LogP) is 4.48. The van der Waals surface area contributed by atoms with Crippen LogP contribution in [0.2, 0.25) is 0 Å². The smallest absolute Gasteiger partial charge is 0.256 e. The number of benzene rings is 2. The maximum absolute atomic E-state index is 13.6. The first-order valence-corrected chi connectivity index (χ1v) is 10.5. The molecule has 0 saturated carbocycles. The molecule has 0 bridgehead atoms. The van der Waals surface area contributed by atoms with E-state index in [9.17, 15) is 9.18 Å². The van der Waals surface area contributed by atoms with E-state index in [1.165, 1.54) is 12.1 Å². The van der Waals surface area contributed by atoms with Crippen LogP contribution in [-0.4, -0.2) is 40.4 Å². The fraction of sp³-hybridized carbons (Fsp3) is 0.273. The minimum Gasteiger partial charge on any atom is -0.322 e. The van der Waals surface area contributed by atoms with Crippen LogP contribution < -0.4 is 5.32 Å². The van der Waals surface area contributed by atoms with E-state index in [0.717, 1.165) is 42.4 Å². The molecule has 144 valence electrons. The Morgan fingerprint density at radius 3 is 2.79 bits per heavy atom. The molecule has 4 rings (SSSR count). The Balaban J connectivity index is 1.62. The Kier molecular flexibility index (Phi) is 5.59. The van der Waals surface area contributed by atoms with E-state index in [1.807, 2.05) is 36.9 Å². The van der Waals surface area contributed by atoms with E-state index >= 15 is 0 Å². The van der Waals surface area contributed by atoms with Gasteiger partial charge >= 0.3 is 0 Å². The Labute approximate surface area is 168 Å². The molecule has 6 heteroatoms. The molecule has 1 aromatic heterocycles. The lowest BCUT2D eigenvalue weighted by atomic mass is 10.1. The monoisotopic (exact) mass is 395 g/mol. The van der Waals surface area contributed by atoms with Crippen molar-refractivity contribution >= 4 is 34.3 Å². The van der Waals surface area contributed by atoms with Crippen molar-refractivity contribution in [2.75, 3.05) is 29.9 Å². The average Bonchev–Trinajstić information content (AvgIpc) is 2.69. The third-order valence-electron chi connectivity index (χ3n) is 4.91. The lowest BCUT2D eigenvalue weighted by Crippen LogP contribution is -2.32. The average molecular weight is 396 g/mol. The first-order valence-electron chi connectivity index (χ1n) is 9.36. The van der Waals surface area contributed by atoms with Crippen LogP contribution in [0.25, 0.3) is 10.9 Å². The summed E-state index contributed by atoms with van der Waals surface area (Å²) in [6.45, 7) is 4.75. The van der Waals surface area contributed by atoms with Crippen LogP contribution in [0.5, 0.6) is 0 Å². The molecule has 4 nitrogen and oxygen atoms in total. The van der Waals surface area contributed by atoms with Crippen molar-refractivity contribution in [1.82, 2.24) is 9.88 Å². The Morgan fingerprint density at radius 1 is 1.18 bits per heavy atom. The van der Waals surface area contributed by atoms with E-state index in [2.05, 4.69) is 21.3 Å². The zero-order valence-electron chi connectivity index (χ0n) is 15.7. The highest BCUT2D eigenvalue weighted by molar-refractivity contribution is 7.99. The highest BCUT2D eigenvalue weighted by Crippen LogP contribution is 2.23. The van der Waals surface area contributed by atoms with Gasteiger partial charge in [-0.15, -0.1) is 0 Å². The van der Waals surface area contributed by atoms with Crippen molar-refractivity contribution in [2.24, 2.45) is 0 Å². The van der Waals surface area contributed by atoms with Crippen molar-refractivity contribution in [3.8, 4) is 0 Å². The molecule has 1 amide bonds. The first kappa shape index (κ1) is 18.9. The van der Waals surface area contributed by atoms with Crippen molar-refractivity contribution in [2.45, 2.75) is 13.5 Å². The second kappa shape index (κ2) is 8.29. The second-order valence-corrected chi connectivity index (χ2v) is 8.20. The SMILES string of the molecule is Cc1cc(C(=O)Nc2ccccc2CN2CCSCC2)c2ccc(F)cc2n1. The number of anilines is 1. The molecule has 0 spiro atoms. The van der Waals surface area contributed by atoms with Gasteiger partial charge in [0.05, 0.1) is 11.1 Å². The number of pyridine rings is 1. The van der Waals surface area contributed by atoms with Gasteiger partial charge in [0, 0.05) is 54.0 Å². The Hall–Kier alpha value is -2.44. The maximum atomic E-state index is 13.6. The van der Waals surface area contributed by atoms with Crippen LogP contribution in [0, 0.1) is 12.7 Å². The highest BCUT2D eigenvalue weighted by atomic mass is 32.2. The van der Waals surface area contributed by atoms with Gasteiger partial charge in [0.25, 0.3) is 5.91 Å². The number of amides is 1. The zero-order valence-corrected chi connectivity index (χ0v) is 16.6. The fourth-order valence-electron chi connectivity index (χ4n) is 3.49. The third-order valence-corrected chi connectivity index (χ3v) is 5.85. The summed E-state index contributed by atoms with van der Waals surface area (Å²) in [7, 11) is 0. The van der Waals surface area contributed by atoms with Crippen LogP contribution in [0.4, 0.5) is 10.1 Å².